The van der Waals surface area contributed by atoms with Crippen LogP contribution in [0.25, 0.3) is 11.2 Å². The molecular weight excluding hydrogens is 446 g/mol. The molecule has 3 rings (SSSR count). The number of ether oxygens (including phenoxy) is 1. The van der Waals surface area contributed by atoms with Gasteiger partial charge in [-0.1, -0.05) is 11.8 Å². The first kappa shape index (κ1) is 24.2. The summed E-state index contributed by atoms with van der Waals surface area (Å²) in [7, 11) is 1.38. The zero-order valence-corrected chi connectivity index (χ0v) is 18.3. The van der Waals surface area contributed by atoms with Gasteiger partial charge in [-0.15, -0.1) is 0 Å². The molecule has 0 bridgehead atoms. The zero-order valence-electron chi connectivity index (χ0n) is 17.5. The summed E-state index contributed by atoms with van der Waals surface area (Å²) in [5.41, 5.74) is 8.98. The maximum absolute atomic E-state index is 12.7. The van der Waals surface area contributed by atoms with Crippen molar-refractivity contribution in [3.05, 3.63) is 6.33 Å². The number of amides is 2. The summed E-state index contributed by atoms with van der Waals surface area (Å²) in [4.78, 5) is 39.0. The molecule has 0 saturated carbocycles. The fraction of sp³-hybridized carbons (Fsp3) is 0.588. The molecule has 1 saturated heterocycles. The quantitative estimate of drug-likeness (QED) is 0.171. The van der Waals surface area contributed by atoms with E-state index in [0.717, 1.165) is 27.6 Å². The van der Waals surface area contributed by atoms with Crippen LogP contribution in [-0.2, 0) is 20.1 Å². The average molecular weight is 471 g/mol. The van der Waals surface area contributed by atoms with Gasteiger partial charge in [0.15, 0.2) is 22.1 Å². The average Bonchev–Trinajstić information content (AvgIpc) is 3.31. The Labute approximate surface area is 186 Å². The molecular formula is C17H25N7O7S. The summed E-state index contributed by atoms with van der Waals surface area (Å²) >= 11 is 1.12. The summed E-state index contributed by atoms with van der Waals surface area (Å²) in [5, 5.41) is 40.2. The number of carbonyl (C=O) groups is 2. The van der Waals surface area contributed by atoms with Crippen LogP contribution < -0.4 is 16.4 Å². The van der Waals surface area contributed by atoms with Crippen molar-refractivity contribution in [1.82, 2.24) is 19.5 Å². The Morgan fingerprint density at radius 1 is 1.41 bits per heavy atom. The van der Waals surface area contributed by atoms with Gasteiger partial charge in [-0.25, -0.2) is 15.0 Å². The highest BCUT2D eigenvalue weighted by Gasteiger charge is 2.60. The number of aliphatic hydroxyl groups excluding tert-OH is 4. The van der Waals surface area contributed by atoms with Crippen molar-refractivity contribution in [3.63, 3.8) is 0 Å². The molecule has 2 amide bonds. The first-order valence-electron chi connectivity index (χ1n) is 9.46. The molecule has 1 aliphatic heterocycles. The first-order valence-corrected chi connectivity index (χ1v) is 10.7. The maximum atomic E-state index is 12.7. The minimum Gasteiger partial charge on any atom is -0.394 e. The van der Waals surface area contributed by atoms with Gasteiger partial charge in [0.25, 0.3) is 11.6 Å². The van der Waals surface area contributed by atoms with E-state index in [2.05, 4.69) is 15.0 Å². The van der Waals surface area contributed by atoms with E-state index in [1.807, 2.05) is 0 Å². The SMILES string of the molecule is CSc1nc(N(C)C(=O)C(N)C(C)O)c2ncn([C@]3(C(N)=O)O[C@H](CO)[C@@H](O)[C@H]3O)c2n1. The Balaban J connectivity index is 2.23. The number of carbonyl (C=O) groups excluding carboxylic acids is 2. The highest BCUT2D eigenvalue weighted by molar-refractivity contribution is 7.98. The van der Waals surface area contributed by atoms with Crippen LogP contribution in [-0.4, -0.2) is 102 Å². The molecule has 176 valence electrons. The van der Waals surface area contributed by atoms with Crippen molar-refractivity contribution in [1.29, 1.82) is 0 Å². The molecule has 0 aromatic carbocycles. The lowest BCUT2D eigenvalue weighted by Gasteiger charge is -2.30. The minimum atomic E-state index is -2.33. The van der Waals surface area contributed by atoms with E-state index in [0.29, 0.717) is 0 Å². The van der Waals surface area contributed by atoms with Crippen LogP contribution in [0.4, 0.5) is 5.82 Å². The first-order chi connectivity index (χ1) is 15.0. The predicted octanol–water partition coefficient (Wildman–Crippen LogP) is -3.53. The van der Waals surface area contributed by atoms with E-state index in [1.54, 1.807) is 6.26 Å². The Morgan fingerprint density at radius 3 is 2.56 bits per heavy atom. The van der Waals surface area contributed by atoms with Crippen LogP contribution in [0.1, 0.15) is 6.92 Å². The van der Waals surface area contributed by atoms with Gasteiger partial charge in [-0.3, -0.25) is 19.1 Å². The van der Waals surface area contributed by atoms with Gasteiger partial charge in [0.1, 0.15) is 30.7 Å². The van der Waals surface area contributed by atoms with E-state index < -0.39 is 54.6 Å². The fourth-order valence-electron chi connectivity index (χ4n) is 3.44. The summed E-state index contributed by atoms with van der Waals surface area (Å²) in [6.45, 7) is 0.678. The monoisotopic (exact) mass is 471 g/mol. The van der Waals surface area contributed by atoms with Crippen LogP contribution in [0.5, 0.6) is 0 Å². The van der Waals surface area contributed by atoms with Crippen LogP contribution >= 0.6 is 11.8 Å². The van der Waals surface area contributed by atoms with Crippen molar-refractivity contribution in [2.75, 3.05) is 24.8 Å². The van der Waals surface area contributed by atoms with E-state index in [1.165, 1.54) is 14.0 Å². The standard InChI is InChI=1S/C17H25N7O7S/c1-6(26)8(18)14(29)23(2)12-9-13(22-16(21-12)32-3)24(5-20-9)17(15(19)30)11(28)10(27)7(4-25)31-17/h5-8,10-11,25-28H,4,18H2,1-3H3,(H2,19,30)/t6?,7-,8?,10-,11-,17+/m1/s1. The lowest BCUT2D eigenvalue weighted by atomic mass is 10.0. The number of hydrogen-bond donors (Lipinski definition) is 6. The number of nitrogens with two attached hydrogens (primary N) is 2. The largest absolute Gasteiger partial charge is 0.394 e. The Kier molecular flexibility index (Phi) is 6.71. The lowest BCUT2D eigenvalue weighted by molar-refractivity contribution is -0.173. The number of rotatable bonds is 7. The van der Waals surface area contributed by atoms with E-state index in [4.69, 9.17) is 16.2 Å². The van der Waals surface area contributed by atoms with Gasteiger partial charge in [0.05, 0.1) is 12.7 Å². The second kappa shape index (κ2) is 8.86. The molecule has 2 unspecified atom stereocenters. The predicted molar refractivity (Wildman–Crippen MR) is 111 cm³/mol. The number of hydrogen-bond acceptors (Lipinski definition) is 12. The number of fused-ring (bicyclic) bond motifs is 1. The van der Waals surface area contributed by atoms with Gasteiger partial charge in [-0.2, -0.15) is 0 Å². The van der Waals surface area contributed by atoms with Gasteiger partial charge in [-0.05, 0) is 13.2 Å². The normalized spacial score (nSPS) is 27.4. The number of likely N-dealkylation sites (N-methyl/N-ethyl adjacent to an activating group) is 1. The fourth-order valence-corrected chi connectivity index (χ4v) is 3.80. The number of aliphatic hydroxyl groups is 4. The second-order valence-corrected chi connectivity index (χ2v) is 8.09. The molecule has 1 fully saturated rings. The van der Waals surface area contributed by atoms with Crippen molar-refractivity contribution < 1.29 is 34.8 Å². The topological polar surface area (TPSA) is 223 Å². The Bertz CT molecular complexity index is 1030. The second-order valence-electron chi connectivity index (χ2n) is 7.32. The van der Waals surface area contributed by atoms with Crippen molar-refractivity contribution in [2.45, 2.75) is 48.3 Å². The number of anilines is 1. The highest BCUT2D eigenvalue weighted by atomic mass is 32.2. The van der Waals surface area contributed by atoms with Crippen LogP contribution in [0, 0.1) is 0 Å². The van der Waals surface area contributed by atoms with Gasteiger partial charge >= 0.3 is 0 Å². The Hall–Kier alpha value is -2.40. The van der Waals surface area contributed by atoms with Crippen LogP contribution in [0.3, 0.4) is 0 Å². The number of primary amides is 1. The zero-order chi connectivity index (χ0) is 24.0. The smallest absolute Gasteiger partial charge is 0.274 e. The van der Waals surface area contributed by atoms with Crippen LogP contribution in [0.2, 0.25) is 0 Å². The molecule has 3 heterocycles. The summed E-state index contributed by atoms with van der Waals surface area (Å²) < 4.78 is 6.56. The molecule has 0 aliphatic carbocycles. The molecule has 8 N–H and O–H groups in total. The van der Waals surface area contributed by atoms with E-state index in [9.17, 15) is 30.0 Å². The van der Waals surface area contributed by atoms with Crippen LogP contribution in [0.15, 0.2) is 11.5 Å². The van der Waals surface area contributed by atoms with Crippen molar-refractivity contribution >= 4 is 40.6 Å². The summed E-state index contributed by atoms with van der Waals surface area (Å²) in [5.74, 6) is -1.80. The minimum absolute atomic E-state index is 0.0190. The molecule has 2 aromatic rings. The number of thioether (sulfide) groups is 1. The van der Waals surface area contributed by atoms with Gasteiger partial charge < -0.3 is 36.6 Å². The maximum Gasteiger partial charge on any atom is 0.274 e. The van der Waals surface area contributed by atoms with Gasteiger partial charge in [0, 0.05) is 7.05 Å². The number of imidazole rings is 1. The van der Waals surface area contributed by atoms with Crippen molar-refractivity contribution in [3.8, 4) is 0 Å². The molecule has 32 heavy (non-hydrogen) atoms. The van der Waals surface area contributed by atoms with E-state index in [-0.39, 0.29) is 22.1 Å². The summed E-state index contributed by atoms with van der Waals surface area (Å²) in [6, 6.07) is -1.23. The molecule has 1 aliphatic rings. The molecule has 6 atom stereocenters. The number of nitrogens with zero attached hydrogens (tertiary/aromatic N) is 5. The molecule has 0 radical (unpaired) electrons. The van der Waals surface area contributed by atoms with Gasteiger partial charge in [0.2, 0.25) is 5.91 Å². The van der Waals surface area contributed by atoms with Crippen molar-refractivity contribution in [2.24, 2.45) is 11.5 Å². The third kappa shape index (κ3) is 3.61. The third-order valence-electron chi connectivity index (χ3n) is 5.32. The third-order valence-corrected chi connectivity index (χ3v) is 5.87. The summed E-state index contributed by atoms with van der Waals surface area (Å²) in [6.07, 6.45) is -3.14. The lowest BCUT2D eigenvalue weighted by Crippen LogP contribution is -2.54. The molecule has 15 heteroatoms. The Morgan fingerprint density at radius 2 is 2.06 bits per heavy atom. The molecule has 2 aromatic heterocycles. The van der Waals surface area contributed by atoms with E-state index >= 15 is 0 Å². The number of aromatic nitrogens is 4. The highest BCUT2D eigenvalue weighted by Crippen LogP contribution is 2.38. The molecule has 0 spiro atoms. The molecule has 14 nitrogen and oxygen atoms in total.